The van der Waals surface area contributed by atoms with Gasteiger partial charge in [0.15, 0.2) is 11.5 Å². The van der Waals surface area contributed by atoms with Crippen molar-refractivity contribution in [1.82, 2.24) is 4.90 Å². The lowest BCUT2D eigenvalue weighted by atomic mass is 9.87. The van der Waals surface area contributed by atoms with Crippen LogP contribution in [0.5, 0.6) is 11.5 Å². The molecule has 176 valence electrons. The lowest BCUT2D eigenvalue weighted by molar-refractivity contribution is 0.203. The zero-order valence-corrected chi connectivity index (χ0v) is 20.8. The van der Waals surface area contributed by atoms with Crippen molar-refractivity contribution in [3.8, 4) is 22.6 Å². The fraction of sp³-hybridized carbons (Fsp3) is 0.226. The number of halogens is 1. The largest absolute Gasteiger partial charge is 0.493 e. The molecule has 35 heavy (non-hydrogen) atoms. The molecular formula is C31H28ClNO2. The predicted octanol–water partition coefficient (Wildman–Crippen LogP) is 7.08. The molecule has 4 aromatic rings. The molecule has 1 aliphatic heterocycles. The summed E-state index contributed by atoms with van der Waals surface area (Å²) in [4.78, 5) is 2.56. The Kier molecular flexibility index (Phi) is 5.75. The van der Waals surface area contributed by atoms with Crippen LogP contribution >= 0.6 is 11.6 Å². The summed E-state index contributed by atoms with van der Waals surface area (Å²) in [5.41, 5.74) is 10.7. The van der Waals surface area contributed by atoms with E-state index in [1.807, 2.05) is 12.1 Å². The van der Waals surface area contributed by atoms with Crippen LogP contribution in [-0.2, 0) is 19.4 Å². The minimum atomic E-state index is 0.0858. The Morgan fingerprint density at radius 2 is 1.60 bits per heavy atom. The number of nitrogens with zero attached hydrogens (tertiary/aromatic N) is 1. The highest BCUT2D eigenvalue weighted by Crippen LogP contribution is 2.43. The third-order valence-corrected chi connectivity index (χ3v) is 7.62. The average molecular weight is 482 g/mol. The van der Waals surface area contributed by atoms with E-state index >= 15 is 0 Å². The lowest BCUT2D eigenvalue weighted by Gasteiger charge is -2.38. The van der Waals surface area contributed by atoms with E-state index in [0.29, 0.717) is 0 Å². The highest BCUT2D eigenvalue weighted by molar-refractivity contribution is 6.30. The molecule has 0 N–H and O–H groups in total. The summed E-state index contributed by atoms with van der Waals surface area (Å²) in [5.74, 6) is 1.54. The minimum Gasteiger partial charge on any atom is -0.493 e. The first-order valence-corrected chi connectivity index (χ1v) is 12.5. The third-order valence-electron chi connectivity index (χ3n) is 7.38. The minimum absolute atomic E-state index is 0.0858. The van der Waals surface area contributed by atoms with Crippen molar-refractivity contribution in [1.29, 1.82) is 0 Å². The van der Waals surface area contributed by atoms with E-state index in [1.54, 1.807) is 14.2 Å². The second-order valence-electron chi connectivity index (χ2n) is 9.41. The van der Waals surface area contributed by atoms with E-state index in [1.165, 1.54) is 44.5 Å². The van der Waals surface area contributed by atoms with Crippen LogP contribution in [0.15, 0.2) is 78.9 Å². The molecule has 4 aromatic carbocycles. The van der Waals surface area contributed by atoms with E-state index in [-0.39, 0.29) is 6.04 Å². The smallest absolute Gasteiger partial charge is 0.161 e. The van der Waals surface area contributed by atoms with Gasteiger partial charge in [0.05, 0.1) is 20.3 Å². The number of rotatable bonds is 5. The Labute approximate surface area is 211 Å². The van der Waals surface area contributed by atoms with Gasteiger partial charge >= 0.3 is 0 Å². The zero-order valence-electron chi connectivity index (χ0n) is 20.1. The molecule has 2 aliphatic rings. The maximum absolute atomic E-state index is 6.45. The maximum Gasteiger partial charge on any atom is 0.161 e. The van der Waals surface area contributed by atoms with E-state index in [9.17, 15) is 0 Å². The molecule has 3 nitrogen and oxygen atoms in total. The van der Waals surface area contributed by atoms with Crippen molar-refractivity contribution < 1.29 is 9.47 Å². The van der Waals surface area contributed by atoms with Crippen LogP contribution in [0.4, 0.5) is 0 Å². The van der Waals surface area contributed by atoms with Gasteiger partial charge in [-0.3, -0.25) is 4.90 Å². The maximum atomic E-state index is 6.45. The van der Waals surface area contributed by atoms with Crippen molar-refractivity contribution in [2.45, 2.75) is 25.4 Å². The lowest BCUT2D eigenvalue weighted by Crippen LogP contribution is -2.35. The summed E-state index contributed by atoms with van der Waals surface area (Å²) >= 11 is 6.45. The number of benzene rings is 4. The summed E-state index contributed by atoms with van der Waals surface area (Å²) in [6, 6.07) is 28.3. The van der Waals surface area contributed by atoms with Crippen LogP contribution in [0.1, 0.15) is 39.4 Å². The Morgan fingerprint density at radius 3 is 2.43 bits per heavy atom. The Bertz CT molecular complexity index is 1410. The highest BCUT2D eigenvalue weighted by Gasteiger charge is 2.31. The number of fused-ring (bicyclic) bond motifs is 4. The van der Waals surface area contributed by atoms with Gasteiger partial charge < -0.3 is 9.47 Å². The monoisotopic (exact) mass is 481 g/mol. The summed E-state index contributed by atoms with van der Waals surface area (Å²) in [6.07, 6.45) is 1.97. The standard InChI is InChI=1S/C31H28ClNO2/c1-34-29-17-22-12-13-33(31(28(22)18-30(29)35-2)23-7-5-8-25(32)16-23)19-20-10-11-27-24(14-20)15-21-6-3-4-9-26(21)27/h3-11,14,16-18,31H,12-13,15,19H2,1-2H3/t31-/m1/s1. The molecule has 0 fully saturated rings. The third kappa shape index (κ3) is 3.99. The van der Waals surface area contributed by atoms with Crippen LogP contribution < -0.4 is 9.47 Å². The number of hydrogen-bond donors (Lipinski definition) is 0. The summed E-state index contributed by atoms with van der Waals surface area (Å²) in [5, 5.41) is 0.755. The first-order chi connectivity index (χ1) is 17.1. The second kappa shape index (κ2) is 9.07. The van der Waals surface area contributed by atoms with E-state index in [2.05, 4.69) is 71.6 Å². The van der Waals surface area contributed by atoms with Gasteiger partial charge in [-0.05, 0) is 81.6 Å². The van der Waals surface area contributed by atoms with Gasteiger partial charge in [0.1, 0.15) is 0 Å². The summed E-state index contributed by atoms with van der Waals surface area (Å²) in [6.45, 7) is 1.82. The molecule has 1 atom stereocenters. The van der Waals surface area contributed by atoms with Gasteiger partial charge in [0.2, 0.25) is 0 Å². The predicted molar refractivity (Wildman–Crippen MR) is 142 cm³/mol. The number of hydrogen-bond acceptors (Lipinski definition) is 3. The molecule has 0 bridgehead atoms. The van der Waals surface area contributed by atoms with Gasteiger partial charge in [-0.1, -0.05) is 66.2 Å². The molecule has 0 aromatic heterocycles. The van der Waals surface area contributed by atoms with E-state index in [4.69, 9.17) is 21.1 Å². The average Bonchev–Trinajstić information content (AvgIpc) is 3.25. The molecule has 1 heterocycles. The molecule has 0 radical (unpaired) electrons. The molecule has 0 spiro atoms. The van der Waals surface area contributed by atoms with Crippen LogP contribution in [0, 0.1) is 0 Å². The molecular weight excluding hydrogens is 454 g/mol. The van der Waals surface area contributed by atoms with Crippen molar-refractivity contribution in [3.05, 3.63) is 117 Å². The fourth-order valence-electron chi connectivity index (χ4n) is 5.77. The van der Waals surface area contributed by atoms with Gasteiger partial charge in [0, 0.05) is 18.1 Å². The molecule has 0 unspecified atom stereocenters. The first kappa shape index (κ1) is 22.2. The Morgan fingerprint density at radius 1 is 0.800 bits per heavy atom. The second-order valence-corrected chi connectivity index (χ2v) is 9.85. The van der Waals surface area contributed by atoms with Crippen LogP contribution in [0.3, 0.4) is 0 Å². The van der Waals surface area contributed by atoms with Gasteiger partial charge in [-0.15, -0.1) is 0 Å². The molecule has 0 amide bonds. The van der Waals surface area contributed by atoms with Crippen molar-refractivity contribution in [2.75, 3.05) is 20.8 Å². The molecule has 6 rings (SSSR count). The number of methoxy groups -OCH3 is 2. The van der Waals surface area contributed by atoms with Crippen LogP contribution in [-0.4, -0.2) is 25.7 Å². The van der Waals surface area contributed by atoms with Crippen molar-refractivity contribution in [2.24, 2.45) is 0 Å². The zero-order chi connectivity index (χ0) is 23.9. The molecule has 0 saturated carbocycles. The van der Waals surface area contributed by atoms with Crippen molar-refractivity contribution in [3.63, 3.8) is 0 Å². The van der Waals surface area contributed by atoms with E-state index < -0.39 is 0 Å². The first-order valence-electron chi connectivity index (χ1n) is 12.1. The SMILES string of the molecule is COc1cc2c(cc1OC)[C@@H](c1cccc(Cl)c1)N(Cc1ccc3c(c1)Cc1ccccc1-3)CC2. The van der Waals surface area contributed by atoms with E-state index in [0.717, 1.165) is 42.5 Å². The highest BCUT2D eigenvalue weighted by atomic mass is 35.5. The molecule has 0 saturated heterocycles. The quantitative estimate of drug-likeness (QED) is 0.268. The Hall–Kier alpha value is -3.27. The van der Waals surface area contributed by atoms with Gasteiger partial charge in [-0.25, -0.2) is 0 Å². The summed E-state index contributed by atoms with van der Waals surface area (Å²) < 4.78 is 11.3. The molecule has 4 heteroatoms. The normalized spacial score (nSPS) is 16.4. The van der Waals surface area contributed by atoms with Gasteiger partial charge in [-0.2, -0.15) is 0 Å². The topological polar surface area (TPSA) is 21.7 Å². The van der Waals surface area contributed by atoms with Crippen molar-refractivity contribution >= 4 is 11.6 Å². The number of ether oxygens (including phenoxy) is 2. The Balaban J connectivity index is 1.38. The molecule has 1 aliphatic carbocycles. The summed E-state index contributed by atoms with van der Waals surface area (Å²) in [7, 11) is 3.39. The van der Waals surface area contributed by atoms with Crippen LogP contribution in [0.2, 0.25) is 5.02 Å². The fourth-order valence-corrected chi connectivity index (χ4v) is 5.97. The van der Waals surface area contributed by atoms with Gasteiger partial charge in [0.25, 0.3) is 0 Å². The van der Waals surface area contributed by atoms with Crippen LogP contribution in [0.25, 0.3) is 11.1 Å².